The SMILES string of the molecule is CCOc1ccc(C(=O)OCc2cc(-c3cccc(OC)c3)on2)cc1OCC. The number of hydrogen-bond donors (Lipinski definition) is 0. The molecule has 152 valence electrons. The summed E-state index contributed by atoms with van der Waals surface area (Å²) in [5, 5.41) is 3.96. The van der Waals surface area contributed by atoms with Gasteiger partial charge in [-0.15, -0.1) is 0 Å². The second-order valence-electron chi connectivity index (χ2n) is 6.02. The van der Waals surface area contributed by atoms with Crippen LogP contribution in [0.4, 0.5) is 0 Å². The minimum Gasteiger partial charge on any atom is -0.497 e. The fourth-order valence-corrected chi connectivity index (χ4v) is 2.69. The molecular weight excluding hydrogens is 374 g/mol. The van der Waals surface area contributed by atoms with E-state index in [0.29, 0.717) is 47.5 Å². The molecule has 7 nitrogen and oxygen atoms in total. The van der Waals surface area contributed by atoms with E-state index in [4.69, 9.17) is 23.5 Å². The Morgan fingerprint density at radius 1 is 1.00 bits per heavy atom. The molecular formula is C22H23NO6. The molecule has 0 aliphatic carbocycles. The van der Waals surface area contributed by atoms with Crippen molar-refractivity contribution in [1.29, 1.82) is 0 Å². The van der Waals surface area contributed by atoms with E-state index in [-0.39, 0.29) is 6.61 Å². The van der Waals surface area contributed by atoms with E-state index >= 15 is 0 Å². The third-order valence-corrected chi connectivity index (χ3v) is 4.04. The van der Waals surface area contributed by atoms with Crippen LogP contribution in [0.3, 0.4) is 0 Å². The van der Waals surface area contributed by atoms with Crippen LogP contribution in [0.1, 0.15) is 29.9 Å². The summed E-state index contributed by atoms with van der Waals surface area (Å²) < 4.78 is 27.0. The van der Waals surface area contributed by atoms with Crippen molar-refractivity contribution in [1.82, 2.24) is 5.16 Å². The third-order valence-electron chi connectivity index (χ3n) is 4.04. The number of esters is 1. The van der Waals surface area contributed by atoms with Crippen molar-refractivity contribution in [2.24, 2.45) is 0 Å². The lowest BCUT2D eigenvalue weighted by molar-refractivity contribution is 0.0463. The first-order valence-corrected chi connectivity index (χ1v) is 9.31. The lowest BCUT2D eigenvalue weighted by Gasteiger charge is -2.12. The highest BCUT2D eigenvalue weighted by molar-refractivity contribution is 5.90. The molecule has 0 radical (unpaired) electrons. The molecule has 3 rings (SSSR count). The van der Waals surface area contributed by atoms with Crippen LogP contribution in [0.2, 0.25) is 0 Å². The molecule has 0 saturated heterocycles. The molecule has 1 aromatic heterocycles. The lowest BCUT2D eigenvalue weighted by atomic mass is 10.1. The molecule has 0 N–H and O–H groups in total. The van der Waals surface area contributed by atoms with Crippen molar-refractivity contribution >= 4 is 5.97 Å². The highest BCUT2D eigenvalue weighted by Crippen LogP contribution is 2.29. The average Bonchev–Trinajstić information content (AvgIpc) is 3.23. The van der Waals surface area contributed by atoms with Gasteiger partial charge in [-0.05, 0) is 44.2 Å². The Morgan fingerprint density at radius 3 is 2.55 bits per heavy atom. The fraction of sp³-hybridized carbons (Fsp3) is 0.273. The normalized spacial score (nSPS) is 10.4. The maximum Gasteiger partial charge on any atom is 0.338 e. The second kappa shape index (κ2) is 9.64. The molecule has 0 atom stereocenters. The monoisotopic (exact) mass is 397 g/mol. The number of hydrogen-bond acceptors (Lipinski definition) is 7. The van der Waals surface area contributed by atoms with Gasteiger partial charge < -0.3 is 23.5 Å². The van der Waals surface area contributed by atoms with Crippen LogP contribution in [-0.2, 0) is 11.3 Å². The van der Waals surface area contributed by atoms with Crippen molar-refractivity contribution in [3.63, 3.8) is 0 Å². The Bertz CT molecular complexity index is 965. The third kappa shape index (κ3) is 5.07. The van der Waals surface area contributed by atoms with Crippen molar-refractivity contribution in [3.05, 3.63) is 59.8 Å². The zero-order chi connectivity index (χ0) is 20.6. The number of benzene rings is 2. The van der Waals surface area contributed by atoms with Gasteiger partial charge in [0.05, 0.1) is 25.9 Å². The Labute approximate surface area is 169 Å². The molecule has 1 heterocycles. The van der Waals surface area contributed by atoms with E-state index in [0.717, 1.165) is 5.56 Å². The maximum absolute atomic E-state index is 12.4. The maximum atomic E-state index is 12.4. The molecule has 0 spiro atoms. The number of methoxy groups -OCH3 is 1. The zero-order valence-electron chi connectivity index (χ0n) is 16.6. The fourth-order valence-electron chi connectivity index (χ4n) is 2.69. The van der Waals surface area contributed by atoms with Crippen LogP contribution in [0, 0.1) is 0 Å². The van der Waals surface area contributed by atoms with Crippen LogP contribution in [0.5, 0.6) is 17.2 Å². The topological polar surface area (TPSA) is 80.0 Å². The minimum absolute atomic E-state index is 0.0104. The van der Waals surface area contributed by atoms with Crippen molar-refractivity contribution < 1.29 is 28.3 Å². The summed E-state index contributed by atoms with van der Waals surface area (Å²) in [5.74, 6) is 1.89. The summed E-state index contributed by atoms with van der Waals surface area (Å²) in [6, 6.07) is 14.1. The summed E-state index contributed by atoms with van der Waals surface area (Å²) in [4.78, 5) is 12.4. The Morgan fingerprint density at radius 2 is 1.79 bits per heavy atom. The largest absolute Gasteiger partial charge is 0.497 e. The number of carbonyl (C=O) groups is 1. The van der Waals surface area contributed by atoms with E-state index in [2.05, 4.69) is 5.16 Å². The summed E-state index contributed by atoms with van der Waals surface area (Å²) in [6.45, 7) is 4.71. The van der Waals surface area contributed by atoms with Crippen LogP contribution < -0.4 is 14.2 Å². The highest BCUT2D eigenvalue weighted by Gasteiger charge is 2.14. The van der Waals surface area contributed by atoms with Gasteiger partial charge in [0.15, 0.2) is 17.3 Å². The van der Waals surface area contributed by atoms with Crippen molar-refractivity contribution in [2.75, 3.05) is 20.3 Å². The molecule has 0 unspecified atom stereocenters. The zero-order valence-corrected chi connectivity index (χ0v) is 16.6. The van der Waals surface area contributed by atoms with Crippen LogP contribution in [-0.4, -0.2) is 31.4 Å². The highest BCUT2D eigenvalue weighted by atomic mass is 16.5. The first kappa shape index (κ1) is 20.3. The van der Waals surface area contributed by atoms with E-state index in [9.17, 15) is 4.79 Å². The predicted molar refractivity (Wildman–Crippen MR) is 106 cm³/mol. The first-order valence-electron chi connectivity index (χ1n) is 9.31. The number of aromatic nitrogens is 1. The van der Waals surface area contributed by atoms with Crippen molar-refractivity contribution in [2.45, 2.75) is 20.5 Å². The van der Waals surface area contributed by atoms with Crippen LogP contribution in [0.15, 0.2) is 53.1 Å². The average molecular weight is 397 g/mol. The Balaban J connectivity index is 1.66. The molecule has 3 aromatic rings. The summed E-state index contributed by atoms with van der Waals surface area (Å²) in [6.07, 6.45) is 0. The van der Waals surface area contributed by atoms with Gasteiger partial charge in [0.2, 0.25) is 0 Å². The first-order chi connectivity index (χ1) is 14.1. The smallest absolute Gasteiger partial charge is 0.338 e. The van der Waals surface area contributed by atoms with E-state index in [1.165, 1.54) is 0 Å². The Kier molecular flexibility index (Phi) is 6.73. The second-order valence-corrected chi connectivity index (χ2v) is 6.02. The van der Waals surface area contributed by atoms with Crippen LogP contribution >= 0.6 is 0 Å². The van der Waals surface area contributed by atoms with Crippen LogP contribution in [0.25, 0.3) is 11.3 Å². The van der Waals surface area contributed by atoms with Gasteiger partial charge >= 0.3 is 5.97 Å². The van der Waals surface area contributed by atoms with E-state index in [1.54, 1.807) is 31.4 Å². The molecule has 0 amide bonds. The molecule has 0 aliphatic rings. The van der Waals surface area contributed by atoms with E-state index in [1.807, 2.05) is 38.1 Å². The van der Waals surface area contributed by atoms with Crippen molar-refractivity contribution in [3.8, 4) is 28.6 Å². The molecule has 0 bridgehead atoms. The number of ether oxygens (including phenoxy) is 4. The van der Waals surface area contributed by atoms with Gasteiger partial charge in [0.25, 0.3) is 0 Å². The number of carbonyl (C=O) groups excluding carboxylic acids is 1. The van der Waals surface area contributed by atoms with Gasteiger partial charge in [-0.25, -0.2) is 4.79 Å². The van der Waals surface area contributed by atoms with Gasteiger partial charge in [-0.1, -0.05) is 17.3 Å². The molecule has 0 saturated carbocycles. The Hall–Kier alpha value is -3.48. The molecule has 0 fully saturated rings. The lowest BCUT2D eigenvalue weighted by Crippen LogP contribution is -2.07. The number of rotatable bonds is 9. The standard InChI is InChI=1S/C22H23NO6/c1-4-26-19-10-9-16(12-21(19)27-5-2)22(24)28-14-17-13-20(29-23-17)15-7-6-8-18(11-15)25-3/h6-13H,4-5,14H2,1-3H3. The van der Waals surface area contributed by atoms with E-state index < -0.39 is 5.97 Å². The van der Waals surface area contributed by atoms with Gasteiger partial charge in [0.1, 0.15) is 18.1 Å². The minimum atomic E-state index is -0.486. The summed E-state index contributed by atoms with van der Waals surface area (Å²) in [7, 11) is 1.60. The number of nitrogens with zero attached hydrogens (tertiary/aromatic N) is 1. The summed E-state index contributed by atoms with van der Waals surface area (Å²) >= 11 is 0. The molecule has 29 heavy (non-hydrogen) atoms. The quantitative estimate of drug-likeness (QED) is 0.492. The molecule has 2 aromatic carbocycles. The predicted octanol–water partition coefficient (Wildman–Crippen LogP) is 4.50. The van der Waals surface area contributed by atoms with Gasteiger partial charge in [-0.3, -0.25) is 0 Å². The van der Waals surface area contributed by atoms with Gasteiger partial charge in [-0.2, -0.15) is 0 Å². The summed E-state index contributed by atoms with van der Waals surface area (Å²) in [5.41, 5.74) is 1.70. The molecule has 7 heteroatoms. The molecule has 0 aliphatic heterocycles. The van der Waals surface area contributed by atoms with Gasteiger partial charge in [0, 0.05) is 11.6 Å².